The average molecular weight is 520 g/mol. The van der Waals surface area contributed by atoms with E-state index in [-0.39, 0.29) is 5.75 Å². The average Bonchev–Trinajstić information content (AvgIpc) is 3.05. The number of unbranched alkanes of at least 4 members (excludes halogenated alkanes) is 3. The Labute approximate surface area is 220 Å². The van der Waals surface area contributed by atoms with Crippen LogP contribution in [0, 0.1) is 5.92 Å². The van der Waals surface area contributed by atoms with E-state index in [0.29, 0.717) is 29.9 Å². The number of nitrogens with zero attached hydrogens (tertiary/aromatic N) is 1. The molecule has 0 aliphatic carbocycles. The zero-order valence-electron chi connectivity index (χ0n) is 22.9. The highest BCUT2D eigenvalue weighted by Gasteiger charge is 2.31. The van der Waals surface area contributed by atoms with Gasteiger partial charge in [-0.3, -0.25) is 4.98 Å². The number of hydrogen-bond donors (Lipinski definition) is 2. The minimum atomic E-state index is -4.42. The number of nitrogens with two attached hydrogens (primary N) is 1. The van der Waals surface area contributed by atoms with E-state index in [1.807, 2.05) is 0 Å². The van der Waals surface area contributed by atoms with Crippen LogP contribution in [0.2, 0.25) is 0 Å². The Kier molecular flexibility index (Phi) is 12.8. The molecule has 0 saturated carbocycles. The number of pyridine rings is 1. The van der Waals surface area contributed by atoms with Crippen LogP contribution in [0.1, 0.15) is 96.1 Å². The molecule has 206 valence electrons. The van der Waals surface area contributed by atoms with Crippen molar-refractivity contribution < 1.29 is 17.9 Å². The summed E-state index contributed by atoms with van der Waals surface area (Å²) in [5.74, 6) is 1.18. The van der Waals surface area contributed by atoms with Gasteiger partial charge >= 0.3 is 6.18 Å². The molecular formula is C30H44F3N3O. The molecule has 37 heavy (non-hydrogen) atoms. The van der Waals surface area contributed by atoms with E-state index >= 15 is 0 Å². The van der Waals surface area contributed by atoms with Crippen LogP contribution in [0.25, 0.3) is 11.4 Å². The van der Waals surface area contributed by atoms with E-state index < -0.39 is 11.7 Å². The lowest BCUT2D eigenvalue weighted by Gasteiger charge is -2.16. The van der Waals surface area contributed by atoms with Crippen molar-refractivity contribution >= 4 is 11.4 Å². The van der Waals surface area contributed by atoms with Gasteiger partial charge in [0.15, 0.2) is 0 Å². The Morgan fingerprint density at radius 2 is 1.70 bits per heavy atom. The Morgan fingerprint density at radius 1 is 0.973 bits per heavy atom. The molecule has 1 aromatic heterocycles. The highest BCUT2D eigenvalue weighted by Crippen LogP contribution is 2.34. The summed E-state index contributed by atoms with van der Waals surface area (Å²) >= 11 is 0. The lowest BCUT2D eigenvalue weighted by atomic mass is 9.92. The summed E-state index contributed by atoms with van der Waals surface area (Å²) in [5.41, 5.74) is 7.24. The van der Waals surface area contributed by atoms with Gasteiger partial charge in [0.1, 0.15) is 5.75 Å². The number of methoxy groups -OCH3 is 1. The molecule has 0 radical (unpaired) electrons. The van der Waals surface area contributed by atoms with Crippen LogP contribution in [-0.2, 0) is 6.18 Å². The summed E-state index contributed by atoms with van der Waals surface area (Å²) in [6, 6.07) is 5.25. The number of benzene rings is 1. The zero-order chi connectivity index (χ0) is 27.3. The van der Waals surface area contributed by atoms with E-state index in [0.717, 1.165) is 28.5 Å². The van der Waals surface area contributed by atoms with E-state index in [9.17, 15) is 13.2 Å². The first kappa shape index (κ1) is 30.5. The summed E-state index contributed by atoms with van der Waals surface area (Å²) in [6.45, 7) is 7.49. The van der Waals surface area contributed by atoms with Crippen LogP contribution in [0.5, 0.6) is 5.75 Å². The van der Waals surface area contributed by atoms with Gasteiger partial charge in [-0.05, 0) is 30.2 Å². The standard InChI is InChI=1S/C17H16F3N3O.C13H28/c1-24-15-8-10(17(18,19)20)2-3-12(15)16-11-4-6-22-9-13(11)14(21)5-7-23-16;1-4-7-8-9-12-13(10-5-2)11-6-3/h2-4,6,8-9,23H,5,7,21H2,1H3;13H,4-12H2,1-3H3. The number of hydrogen-bond acceptors (Lipinski definition) is 4. The van der Waals surface area contributed by atoms with Crippen molar-refractivity contribution in [2.24, 2.45) is 11.7 Å². The molecule has 0 saturated heterocycles. The normalized spacial score (nSPS) is 13.4. The van der Waals surface area contributed by atoms with E-state index in [2.05, 4.69) is 31.1 Å². The largest absolute Gasteiger partial charge is 0.496 e. The second kappa shape index (κ2) is 15.5. The topological polar surface area (TPSA) is 60.2 Å². The summed E-state index contributed by atoms with van der Waals surface area (Å²) in [5, 5.41) is 4.81. The van der Waals surface area contributed by atoms with E-state index in [4.69, 9.17) is 10.5 Å². The van der Waals surface area contributed by atoms with Gasteiger partial charge in [0.25, 0.3) is 0 Å². The van der Waals surface area contributed by atoms with Gasteiger partial charge in [-0.25, -0.2) is 0 Å². The first-order valence-electron chi connectivity index (χ1n) is 13.7. The highest BCUT2D eigenvalue weighted by molar-refractivity contribution is 5.71. The summed E-state index contributed by atoms with van der Waals surface area (Å²) in [7, 11) is 1.35. The van der Waals surface area contributed by atoms with Crippen molar-refractivity contribution in [1.82, 2.24) is 10.3 Å². The Balaban J connectivity index is 0.000000317. The van der Waals surface area contributed by atoms with Gasteiger partial charge in [0.2, 0.25) is 0 Å². The number of rotatable bonds is 11. The van der Waals surface area contributed by atoms with Crippen LogP contribution in [0.4, 0.5) is 13.2 Å². The predicted molar refractivity (Wildman–Crippen MR) is 146 cm³/mol. The van der Waals surface area contributed by atoms with Crippen molar-refractivity contribution in [1.29, 1.82) is 0 Å². The monoisotopic (exact) mass is 519 g/mol. The summed E-state index contributed by atoms with van der Waals surface area (Å²) in [4.78, 5) is 4.09. The molecule has 0 amide bonds. The number of ether oxygens (including phenoxy) is 1. The third-order valence-corrected chi connectivity index (χ3v) is 6.79. The smallest absolute Gasteiger partial charge is 0.416 e. The predicted octanol–water partition coefficient (Wildman–Crippen LogP) is 6.50. The molecule has 0 spiro atoms. The molecule has 2 heterocycles. The van der Waals surface area contributed by atoms with Crippen molar-refractivity contribution in [3.8, 4) is 5.75 Å². The van der Waals surface area contributed by atoms with Crippen LogP contribution in [-0.4, -0.2) is 18.6 Å². The molecule has 1 aliphatic heterocycles. The maximum absolute atomic E-state index is 12.9. The van der Waals surface area contributed by atoms with Gasteiger partial charge < -0.3 is 15.8 Å². The number of halogens is 3. The molecule has 0 atom stereocenters. The van der Waals surface area contributed by atoms with Gasteiger partial charge in [0.05, 0.1) is 18.4 Å². The van der Waals surface area contributed by atoms with E-state index in [1.165, 1.54) is 71.0 Å². The molecule has 3 rings (SSSR count). The minimum Gasteiger partial charge on any atom is -0.496 e. The second-order valence-electron chi connectivity index (χ2n) is 9.70. The molecule has 4 nitrogen and oxygen atoms in total. The second-order valence-corrected chi connectivity index (χ2v) is 9.70. The number of nitrogens with one attached hydrogen (secondary N) is 1. The summed E-state index contributed by atoms with van der Waals surface area (Å²) < 4.78 is 44.0. The molecule has 1 aromatic carbocycles. The first-order chi connectivity index (χ1) is 17.8. The SMILES string of the molecule is CCCCCCC(CCC)CCC.COc1cc(C(F)(F)F)ccc1C1=c2ccncc2=C(N)CCN1. The molecule has 0 unspecified atom stereocenters. The van der Waals surface area contributed by atoms with Crippen molar-refractivity contribution in [3.63, 3.8) is 0 Å². The van der Waals surface area contributed by atoms with Crippen LogP contribution < -0.4 is 26.2 Å². The van der Waals surface area contributed by atoms with Crippen LogP contribution >= 0.6 is 0 Å². The Morgan fingerprint density at radius 3 is 2.32 bits per heavy atom. The van der Waals surface area contributed by atoms with Gasteiger partial charge in [-0.2, -0.15) is 13.2 Å². The molecule has 1 aliphatic rings. The number of fused-ring (bicyclic) bond motifs is 1. The lowest BCUT2D eigenvalue weighted by molar-refractivity contribution is -0.137. The third kappa shape index (κ3) is 9.28. The fourth-order valence-electron chi connectivity index (χ4n) is 4.84. The fraction of sp³-hybridized carbons (Fsp3) is 0.567. The van der Waals surface area contributed by atoms with Crippen molar-refractivity contribution in [2.75, 3.05) is 13.7 Å². The van der Waals surface area contributed by atoms with Crippen LogP contribution in [0.15, 0.2) is 36.7 Å². The number of aromatic nitrogens is 1. The maximum atomic E-state index is 12.9. The minimum absolute atomic E-state index is 0.149. The van der Waals surface area contributed by atoms with Crippen LogP contribution in [0.3, 0.4) is 0 Å². The van der Waals surface area contributed by atoms with Crippen molar-refractivity contribution in [3.05, 3.63) is 58.2 Å². The molecular weight excluding hydrogens is 475 g/mol. The maximum Gasteiger partial charge on any atom is 0.416 e. The van der Waals surface area contributed by atoms with E-state index in [1.54, 1.807) is 18.5 Å². The Bertz CT molecular complexity index is 1080. The molecule has 2 aromatic rings. The summed E-state index contributed by atoms with van der Waals surface area (Å²) in [6.07, 6.45) is 12.4. The highest BCUT2D eigenvalue weighted by atomic mass is 19.4. The zero-order valence-corrected chi connectivity index (χ0v) is 22.9. The molecule has 0 fully saturated rings. The number of alkyl halides is 3. The van der Waals surface area contributed by atoms with Crippen molar-refractivity contribution in [2.45, 2.75) is 91.2 Å². The van der Waals surface area contributed by atoms with Gasteiger partial charge in [-0.1, -0.05) is 78.6 Å². The molecule has 3 N–H and O–H groups in total. The van der Waals surface area contributed by atoms with Gasteiger partial charge in [-0.15, -0.1) is 0 Å². The lowest BCUT2D eigenvalue weighted by Crippen LogP contribution is -2.33. The fourth-order valence-corrected chi connectivity index (χ4v) is 4.84. The third-order valence-electron chi connectivity index (χ3n) is 6.79. The Hall–Kier alpha value is -2.70. The molecule has 7 heteroatoms. The first-order valence-corrected chi connectivity index (χ1v) is 13.7. The van der Waals surface area contributed by atoms with Gasteiger partial charge in [0, 0.05) is 47.1 Å². The quantitative estimate of drug-likeness (QED) is 0.333. The molecule has 0 bridgehead atoms.